The van der Waals surface area contributed by atoms with E-state index in [1.807, 2.05) is 6.07 Å². The van der Waals surface area contributed by atoms with Crippen LogP contribution >= 0.6 is 11.6 Å². The highest BCUT2D eigenvalue weighted by atomic mass is 35.5. The number of alkyl halides is 2. The van der Waals surface area contributed by atoms with Crippen LogP contribution in [0.1, 0.15) is 42.5 Å². The van der Waals surface area contributed by atoms with Crippen molar-refractivity contribution in [3.8, 4) is 0 Å². The molecule has 1 aromatic rings. The standard InChI is InChI=1S/C13H15ClF2N2/c14-11-9(12(17)6-13(15,16)7-12)5-8-3-1-2-4-10(8)18-11/h5H,1-4,6-7,17H2. The molecule has 2 N–H and O–H groups in total. The predicted molar refractivity (Wildman–Crippen MR) is 65.9 cm³/mol. The van der Waals surface area contributed by atoms with Gasteiger partial charge in [-0.2, -0.15) is 0 Å². The molecular formula is C13H15ClF2N2. The van der Waals surface area contributed by atoms with E-state index >= 15 is 0 Å². The lowest BCUT2D eigenvalue weighted by Crippen LogP contribution is -2.55. The highest BCUT2D eigenvalue weighted by molar-refractivity contribution is 6.30. The molecule has 1 fully saturated rings. The summed E-state index contributed by atoms with van der Waals surface area (Å²) in [5, 5.41) is 0.300. The number of rotatable bonds is 1. The van der Waals surface area contributed by atoms with Gasteiger partial charge in [-0.15, -0.1) is 0 Å². The number of pyridine rings is 1. The smallest absolute Gasteiger partial charge is 0.252 e. The normalized spacial score (nSPS) is 24.2. The van der Waals surface area contributed by atoms with Crippen molar-refractivity contribution in [2.45, 2.75) is 50.0 Å². The molecule has 18 heavy (non-hydrogen) atoms. The molecule has 3 rings (SSSR count). The number of nitrogens with zero attached hydrogens (tertiary/aromatic N) is 1. The fourth-order valence-electron chi connectivity index (χ4n) is 3.02. The Bertz CT molecular complexity index is 494. The topological polar surface area (TPSA) is 38.9 Å². The Morgan fingerprint density at radius 3 is 2.56 bits per heavy atom. The van der Waals surface area contributed by atoms with Crippen molar-refractivity contribution in [1.29, 1.82) is 0 Å². The van der Waals surface area contributed by atoms with E-state index in [4.69, 9.17) is 17.3 Å². The average Bonchev–Trinajstić information content (AvgIpc) is 2.25. The van der Waals surface area contributed by atoms with Gasteiger partial charge in [0, 0.05) is 24.1 Å². The van der Waals surface area contributed by atoms with E-state index in [1.54, 1.807) is 0 Å². The maximum absolute atomic E-state index is 13.0. The van der Waals surface area contributed by atoms with E-state index in [2.05, 4.69) is 4.98 Å². The summed E-state index contributed by atoms with van der Waals surface area (Å²) >= 11 is 6.12. The van der Waals surface area contributed by atoms with Crippen LogP contribution in [0, 0.1) is 0 Å². The van der Waals surface area contributed by atoms with Crippen LogP contribution in [0.2, 0.25) is 5.15 Å². The molecule has 5 heteroatoms. The summed E-state index contributed by atoms with van der Waals surface area (Å²) < 4.78 is 26.1. The zero-order chi connectivity index (χ0) is 13.0. The quantitative estimate of drug-likeness (QED) is 0.798. The molecule has 1 saturated carbocycles. The second-order valence-corrected chi connectivity index (χ2v) is 5.86. The lowest BCUT2D eigenvalue weighted by molar-refractivity contribution is -0.125. The molecule has 0 aliphatic heterocycles. The molecule has 0 saturated heterocycles. The molecule has 0 amide bonds. The molecular weight excluding hydrogens is 258 g/mol. The molecule has 2 aliphatic carbocycles. The minimum absolute atomic E-state index is 0.300. The molecule has 0 radical (unpaired) electrons. The Labute approximate surface area is 110 Å². The number of aromatic nitrogens is 1. The minimum Gasteiger partial charge on any atom is -0.321 e. The first kappa shape index (κ1) is 12.3. The molecule has 0 bridgehead atoms. The Hall–Kier alpha value is -0.740. The van der Waals surface area contributed by atoms with E-state index in [0.717, 1.165) is 36.9 Å². The van der Waals surface area contributed by atoms with Gasteiger partial charge in [0.15, 0.2) is 0 Å². The number of halogens is 3. The summed E-state index contributed by atoms with van der Waals surface area (Å²) in [6.07, 6.45) is 3.42. The van der Waals surface area contributed by atoms with E-state index in [0.29, 0.717) is 10.7 Å². The van der Waals surface area contributed by atoms with Gasteiger partial charge in [0.1, 0.15) is 5.15 Å². The summed E-state index contributed by atoms with van der Waals surface area (Å²) in [6.45, 7) is 0. The molecule has 1 aromatic heterocycles. The van der Waals surface area contributed by atoms with Crippen molar-refractivity contribution < 1.29 is 8.78 Å². The Morgan fingerprint density at radius 1 is 1.22 bits per heavy atom. The van der Waals surface area contributed by atoms with Crippen LogP contribution in [0.3, 0.4) is 0 Å². The van der Waals surface area contributed by atoms with Crippen LogP contribution < -0.4 is 5.73 Å². The van der Waals surface area contributed by atoms with Gasteiger partial charge in [-0.3, -0.25) is 0 Å². The minimum atomic E-state index is -2.66. The Kier molecular flexibility index (Phi) is 2.65. The van der Waals surface area contributed by atoms with Gasteiger partial charge < -0.3 is 5.73 Å². The number of nitrogens with two attached hydrogens (primary N) is 1. The third-order valence-corrected chi connectivity index (χ3v) is 4.23. The molecule has 2 aliphatic rings. The van der Waals surface area contributed by atoms with Crippen molar-refractivity contribution in [3.05, 3.63) is 28.0 Å². The molecule has 0 aromatic carbocycles. The SMILES string of the molecule is NC1(c2cc3c(nc2Cl)CCCC3)CC(F)(F)C1. The molecule has 0 unspecified atom stereocenters. The van der Waals surface area contributed by atoms with Crippen molar-refractivity contribution in [3.63, 3.8) is 0 Å². The maximum Gasteiger partial charge on any atom is 0.252 e. The molecule has 0 spiro atoms. The molecule has 1 heterocycles. The monoisotopic (exact) mass is 272 g/mol. The summed E-state index contributed by atoms with van der Waals surface area (Å²) in [6, 6.07) is 1.90. The third kappa shape index (κ3) is 1.91. The second kappa shape index (κ2) is 3.87. The number of hydrogen-bond donors (Lipinski definition) is 1. The Morgan fingerprint density at radius 2 is 1.89 bits per heavy atom. The maximum atomic E-state index is 13.0. The Balaban J connectivity index is 1.98. The summed E-state index contributed by atoms with van der Waals surface area (Å²) in [4.78, 5) is 4.35. The van der Waals surface area contributed by atoms with Crippen LogP contribution in [-0.2, 0) is 18.4 Å². The predicted octanol–water partition coefficient (Wildman–Crippen LogP) is 3.20. The highest BCUT2D eigenvalue weighted by Gasteiger charge is 2.56. The summed E-state index contributed by atoms with van der Waals surface area (Å²) in [5.41, 5.74) is 7.75. The zero-order valence-corrected chi connectivity index (χ0v) is 10.7. The second-order valence-electron chi connectivity index (χ2n) is 5.51. The summed E-state index contributed by atoms with van der Waals surface area (Å²) in [7, 11) is 0. The first-order valence-electron chi connectivity index (χ1n) is 6.25. The van der Waals surface area contributed by atoms with Crippen LogP contribution in [0.25, 0.3) is 0 Å². The van der Waals surface area contributed by atoms with Crippen molar-refractivity contribution >= 4 is 11.6 Å². The fourth-order valence-corrected chi connectivity index (χ4v) is 3.36. The average molecular weight is 273 g/mol. The summed E-state index contributed by atoms with van der Waals surface area (Å²) in [5.74, 6) is -2.66. The largest absolute Gasteiger partial charge is 0.321 e. The third-order valence-electron chi connectivity index (χ3n) is 3.94. The molecule has 2 nitrogen and oxygen atoms in total. The molecule has 0 atom stereocenters. The first-order chi connectivity index (χ1) is 8.40. The van der Waals surface area contributed by atoms with E-state index in [1.165, 1.54) is 0 Å². The van der Waals surface area contributed by atoms with Crippen LogP contribution in [0.15, 0.2) is 6.07 Å². The number of hydrogen-bond acceptors (Lipinski definition) is 2. The fraction of sp³-hybridized carbons (Fsp3) is 0.615. The van der Waals surface area contributed by atoms with Gasteiger partial charge in [-0.05, 0) is 37.3 Å². The van der Waals surface area contributed by atoms with Gasteiger partial charge in [0.05, 0.1) is 5.54 Å². The van der Waals surface area contributed by atoms with Gasteiger partial charge in [0.2, 0.25) is 0 Å². The van der Waals surface area contributed by atoms with Gasteiger partial charge >= 0.3 is 0 Å². The lowest BCUT2D eigenvalue weighted by atomic mass is 9.69. The van der Waals surface area contributed by atoms with Crippen molar-refractivity contribution in [1.82, 2.24) is 4.98 Å². The van der Waals surface area contributed by atoms with E-state index in [9.17, 15) is 8.78 Å². The van der Waals surface area contributed by atoms with Crippen LogP contribution in [-0.4, -0.2) is 10.9 Å². The lowest BCUT2D eigenvalue weighted by Gasteiger charge is -2.45. The van der Waals surface area contributed by atoms with Crippen LogP contribution in [0.5, 0.6) is 0 Å². The van der Waals surface area contributed by atoms with Gasteiger partial charge in [0.25, 0.3) is 5.92 Å². The first-order valence-corrected chi connectivity index (χ1v) is 6.63. The van der Waals surface area contributed by atoms with Crippen LogP contribution in [0.4, 0.5) is 8.78 Å². The number of fused-ring (bicyclic) bond motifs is 1. The zero-order valence-electron chi connectivity index (χ0n) is 9.98. The van der Waals surface area contributed by atoms with Crippen molar-refractivity contribution in [2.24, 2.45) is 5.73 Å². The highest BCUT2D eigenvalue weighted by Crippen LogP contribution is 2.51. The van der Waals surface area contributed by atoms with Crippen molar-refractivity contribution in [2.75, 3.05) is 0 Å². The van der Waals surface area contributed by atoms with Gasteiger partial charge in [-0.25, -0.2) is 13.8 Å². The van der Waals surface area contributed by atoms with Gasteiger partial charge in [-0.1, -0.05) is 11.6 Å². The number of aryl methyl sites for hydroxylation is 2. The van der Waals surface area contributed by atoms with E-state index < -0.39 is 11.5 Å². The van der Waals surface area contributed by atoms with E-state index in [-0.39, 0.29) is 12.8 Å². The molecule has 98 valence electrons.